The summed E-state index contributed by atoms with van der Waals surface area (Å²) in [5.41, 5.74) is 0.319. The lowest BCUT2D eigenvalue weighted by Gasteiger charge is -2.25. The molecule has 3 nitrogen and oxygen atoms in total. The Morgan fingerprint density at radius 3 is 2.27 bits per heavy atom. The zero-order chi connectivity index (χ0) is 12.1. The average molecular weight is 215 g/mol. The summed E-state index contributed by atoms with van der Waals surface area (Å²) >= 11 is 0. The molecule has 0 fully saturated rings. The standard InChI is InChI=1S/C12H25NO2/c1-6-10(11(14)15)9-13(5)8-7-12(2,3)4/h10H,6-9H2,1-5H3,(H,14,15). The minimum absolute atomic E-state index is 0.227. The maximum Gasteiger partial charge on any atom is 0.307 e. The Morgan fingerprint density at radius 1 is 1.40 bits per heavy atom. The Kier molecular flexibility index (Phi) is 5.88. The molecule has 0 aromatic rings. The summed E-state index contributed by atoms with van der Waals surface area (Å²) in [6, 6.07) is 0. The van der Waals surface area contributed by atoms with Gasteiger partial charge in [0.05, 0.1) is 5.92 Å². The molecule has 1 unspecified atom stereocenters. The van der Waals surface area contributed by atoms with Crippen molar-refractivity contribution in [2.75, 3.05) is 20.1 Å². The van der Waals surface area contributed by atoms with Crippen molar-refractivity contribution in [2.45, 2.75) is 40.5 Å². The second-order valence-corrected chi connectivity index (χ2v) is 5.52. The van der Waals surface area contributed by atoms with Crippen LogP contribution < -0.4 is 0 Å². The van der Waals surface area contributed by atoms with Gasteiger partial charge in [0.1, 0.15) is 0 Å². The van der Waals surface area contributed by atoms with E-state index in [0.29, 0.717) is 18.4 Å². The van der Waals surface area contributed by atoms with Crippen molar-refractivity contribution in [2.24, 2.45) is 11.3 Å². The van der Waals surface area contributed by atoms with E-state index in [0.717, 1.165) is 13.0 Å². The Balaban J connectivity index is 3.91. The highest BCUT2D eigenvalue weighted by Crippen LogP contribution is 2.18. The van der Waals surface area contributed by atoms with Gasteiger partial charge in [0.15, 0.2) is 0 Å². The summed E-state index contributed by atoms with van der Waals surface area (Å²) in [5, 5.41) is 8.92. The van der Waals surface area contributed by atoms with Gasteiger partial charge in [0.25, 0.3) is 0 Å². The highest BCUT2D eigenvalue weighted by molar-refractivity contribution is 5.70. The van der Waals surface area contributed by atoms with Crippen LogP contribution in [0.25, 0.3) is 0 Å². The maximum absolute atomic E-state index is 10.8. The lowest BCUT2D eigenvalue weighted by atomic mass is 9.92. The van der Waals surface area contributed by atoms with Crippen molar-refractivity contribution < 1.29 is 9.90 Å². The van der Waals surface area contributed by atoms with E-state index in [1.807, 2.05) is 14.0 Å². The molecule has 0 aromatic heterocycles. The molecule has 3 heteroatoms. The highest BCUT2D eigenvalue weighted by Gasteiger charge is 2.18. The van der Waals surface area contributed by atoms with Gasteiger partial charge in [-0.15, -0.1) is 0 Å². The molecule has 1 N–H and O–H groups in total. The molecule has 1 atom stereocenters. The van der Waals surface area contributed by atoms with Crippen LogP contribution in [0.15, 0.2) is 0 Å². The molecule has 0 rings (SSSR count). The van der Waals surface area contributed by atoms with Crippen LogP contribution in [0.4, 0.5) is 0 Å². The first-order chi connectivity index (χ1) is 6.76. The summed E-state index contributed by atoms with van der Waals surface area (Å²) in [5.74, 6) is -0.907. The third-order valence-electron chi connectivity index (χ3n) is 2.62. The van der Waals surface area contributed by atoms with Gasteiger partial charge in [-0.3, -0.25) is 4.79 Å². The van der Waals surface area contributed by atoms with E-state index < -0.39 is 5.97 Å². The smallest absolute Gasteiger partial charge is 0.307 e. The summed E-state index contributed by atoms with van der Waals surface area (Å²) in [6.45, 7) is 10.2. The molecule has 15 heavy (non-hydrogen) atoms. The van der Waals surface area contributed by atoms with Gasteiger partial charge in [0.2, 0.25) is 0 Å². The van der Waals surface area contributed by atoms with Gasteiger partial charge in [-0.1, -0.05) is 27.7 Å². The second kappa shape index (κ2) is 6.11. The Morgan fingerprint density at radius 2 is 1.93 bits per heavy atom. The van der Waals surface area contributed by atoms with E-state index in [2.05, 4.69) is 25.7 Å². The fraction of sp³-hybridized carbons (Fsp3) is 0.917. The summed E-state index contributed by atoms with van der Waals surface area (Å²) in [6.07, 6.45) is 1.80. The van der Waals surface area contributed by atoms with Crippen LogP contribution in [0.1, 0.15) is 40.5 Å². The van der Waals surface area contributed by atoms with Crippen LogP contribution in [0.3, 0.4) is 0 Å². The monoisotopic (exact) mass is 215 g/mol. The van der Waals surface area contributed by atoms with Crippen LogP contribution >= 0.6 is 0 Å². The molecule has 0 amide bonds. The minimum atomic E-state index is -0.680. The van der Waals surface area contributed by atoms with Crippen LogP contribution in [-0.4, -0.2) is 36.1 Å². The molecular weight excluding hydrogens is 190 g/mol. The number of hydrogen-bond acceptors (Lipinski definition) is 2. The van der Waals surface area contributed by atoms with Crippen molar-refractivity contribution in [3.05, 3.63) is 0 Å². The van der Waals surface area contributed by atoms with Crippen LogP contribution in [0.5, 0.6) is 0 Å². The third kappa shape index (κ3) is 7.37. The predicted molar refractivity (Wildman–Crippen MR) is 63.0 cm³/mol. The van der Waals surface area contributed by atoms with Gasteiger partial charge >= 0.3 is 5.97 Å². The van der Waals surface area contributed by atoms with Gasteiger partial charge in [-0.2, -0.15) is 0 Å². The number of carboxylic acid groups (broad SMARTS) is 1. The van der Waals surface area contributed by atoms with E-state index >= 15 is 0 Å². The quantitative estimate of drug-likeness (QED) is 0.740. The van der Waals surface area contributed by atoms with Gasteiger partial charge in [0, 0.05) is 6.54 Å². The van der Waals surface area contributed by atoms with E-state index in [1.165, 1.54) is 0 Å². The topological polar surface area (TPSA) is 40.5 Å². The Bertz CT molecular complexity index is 196. The zero-order valence-corrected chi connectivity index (χ0v) is 10.7. The average Bonchev–Trinajstić information content (AvgIpc) is 2.09. The number of hydrogen-bond donors (Lipinski definition) is 1. The molecule has 0 spiro atoms. The molecule has 90 valence electrons. The van der Waals surface area contributed by atoms with Crippen LogP contribution in [-0.2, 0) is 4.79 Å². The lowest BCUT2D eigenvalue weighted by Crippen LogP contribution is -2.32. The normalized spacial score (nSPS) is 14.3. The van der Waals surface area contributed by atoms with E-state index in [-0.39, 0.29) is 5.92 Å². The fourth-order valence-electron chi connectivity index (χ4n) is 1.38. The number of carboxylic acids is 1. The highest BCUT2D eigenvalue weighted by atomic mass is 16.4. The van der Waals surface area contributed by atoms with Crippen molar-refractivity contribution >= 4 is 5.97 Å². The van der Waals surface area contributed by atoms with E-state index in [9.17, 15) is 4.79 Å². The lowest BCUT2D eigenvalue weighted by molar-refractivity contribution is -0.142. The molecule has 0 aromatic carbocycles. The summed E-state index contributed by atoms with van der Waals surface area (Å²) in [7, 11) is 2.00. The fourth-order valence-corrected chi connectivity index (χ4v) is 1.38. The largest absolute Gasteiger partial charge is 0.481 e. The molecule has 0 aliphatic heterocycles. The van der Waals surface area contributed by atoms with Crippen molar-refractivity contribution in [1.29, 1.82) is 0 Å². The number of nitrogens with zero attached hydrogens (tertiary/aromatic N) is 1. The molecule has 0 heterocycles. The maximum atomic E-state index is 10.8. The molecule has 0 bridgehead atoms. The first-order valence-electron chi connectivity index (χ1n) is 5.67. The van der Waals surface area contributed by atoms with Crippen molar-refractivity contribution in [1.82, 2.24) is 4.90 Å². The number of rotatable bonds is 6. The molecule has 0 radical (unpaired) electrons. The summed E-state index contributed by atoms with van der Waals surface area (Å²) in [4.78, 5) is 13.0. The molecule has 0 saturated heterocycles. The zero-order valence-electron chi connectivity index (χ0n) is 10.7. The van der Waals surface area contributed by atoms with Gasteiger partial charge in [-0.25, -0.2) is 0 Å². The van der Waals surface area contributed by atoms with E-state index in [1.54, 1.807) is 0 Å². The SMILES string of the molecule is CCC(CN(C)CCC(C)(C)C)C(=O)O. The van der Waals surface area contributed by atoms with Gasteiger partial charge < -0.3 is 10.0 Å². The molecule has 0 saturated carbocycles. The summed E-state index contributed by atoms with van der Waals surface area (Å²) < 4.78 is 0. The molecular formula is C12H25NO2. The molecule has 0 aliphatic rings. The Hall–Kier alpha value is -0.570. The minimum Gasteiger partial charge on any atom is -0.481 e. The number of carbonyl (C=O) groups is 1. The first kappa shape index (κ1) is 14.4. The third-order valence-corrected chi connectivity index (χ3v) is 2.62. The number of aliphatic carboxylic acids is 1. The Labute approximate surface area is 93.5 Å². The molecule has 0 aliphatic carbocycles. The predicted octanol–water partition coefficient (Wildman–Crippen LogP) is 2.47. The van der Waals surface area contributed by atoms with Crippen LogP contribution in [0, 0.1) is 11.3 Å². The first-order valence-corrected chi connectivity index (χ1v) is 5.67. The van der Waals surface area contributed by atoms with Gasteiger partial charge in [-0.05, 0) is 31.8 Å². The van der Waals surface area contributed by atoms with Crippen molar-refractivity contribution in [3.8, 4) is 0 Å². The van der Waals surface area contributed by atoms with Crippen LogP contribution in [0.2, 0.25) is 0 Å². The second-order valence-electron chi connectivity index (χ2n) is 5.52. The van der Waals surface area contributed by atoms with Crippen molar-refractivity contribution in [3.63, 3.8) is 0 Å². The van der Waals surface area contributed by atoms with E-state index in [4.69, 9.17) is 5.11 Å².